The molecule has 0 spiro atoms. The molecule has 0 fully saturated rings. The minimum absolute atomic E-state index is 0.197. The molecule has 9 heteroatoms. The number of hydrogen-bond donors (Lipinski definition) is 2. The number of carbonyl (C=O) groups excluding carboxylic acids is 1. The first-order valence-corrected chi connectivity index (χ1v) is 7.92. The number of aromatic amines is 1. The molecule has 8 nitrogen and oxygen atoms in total. The standard InChI is InChI=1S/C12H15N5O3S/c1-17(7-11-13-8-14-15-11)12(18)9-3-5-10(6-4-9)16-21(2,19)20/h3-6,8,16H,7H2,1-2H3,(H,13,14,15). The predicted octanol–water partition coefficient (Wildman–Crippen LogP) is 0.448. The van der Waals surface area contributed by atoms with Gasteiger partial charge in [0.15, 0.2) is 0 Å². The lowest BCUT2D eigenvalue weighted by Crippen LogP contribution is -2.26. The van der Waals surface area contributed by atoms with Gasteiger partial charge < -0.3 is 4.90 Å². The number of aromatic nitrogens is 3. The van der Waals surface area contributed by atoms with Crippen molar-refractivity contribution in [2.24, 2.45) is 0 Å². The van der Waals surface area contributed by atoms with Crippen LogP contribution < -0.4 is 4.72 Å². The fourth-order valence-corrected chi connectivity index (χ4v) is 2.28. The summed E-state index contributed by atoms with van der Waals surface area (Å²) < 4.78 is 24.5. The van der Waals surface area contributed by atoms with Gasteiger partial charge in [-0.05, 0) is 24.3 Å². The van der Waals surface area contributed by atoms with Gasteiger partial charge in [-0.2, -0.15) is 5.10 Å². The maximum absolute atomic E-state index is 12.2. The monoisotopic (exact) mass is 309 g/mol. The van der Waals surface area contributed by atoms with Crippen molar-refractivity contribution < 1.29 is 13.2 Å². The summed E-state index contributed by atoms with van der Waals surface area (Å²) in [5.41, 5.74) is 0.864. The van der Waals surface area contributed by atoms with Crippen LogP contribution in [0.1, 0.15) is 16.2 Å². The molecule has 2 rings (SSSR count). The van der Waals surface area contributed by atoms with Gasteiger partial charge in [0, 0.05) is 18.3 Å². The normalized spacial score (nSPS) is 11.1. The van der Waals surface area contributed by atoms with Crippen molar-refractivity contribution in [1.29, 1.82) is 0 Å². The fraction of sp³-hybridized carbons (Fsp3) is 0.250. The number of sulfonamides is 1. The molecule has 21 heavy (non-hydrogen) atoms. The number of hydrogen-bond acceptors (Lipinski definition) is 5. The van der Waals surface area contributed by atoms with Gasteiger partial charge >= 0.3 is 0 Å². The zero-order valence-electron chi connectivity index (χ0n) is 11.6. The summed E-state index contributed by atoms with van der Waals surface area (Å²) in [6.45, 7) is 0.308. The van der Waals surface area contributed by atoms with E-state index in [-0.39, 0.29) is 5.91 Å². The average molecular weight is 309 g/mol. The summed E-state index contributed by atoms with van der Waals surface area (Å²) in [7, 11) is -1.68. The zero-order chi connectivity index (χ0) is 15.5. The Hall–Kier alpha value is -2.42. The third kappa shape index (κ3) is 4.28. The van der Waals surface area contributed by atoms with Crippen LogP contribution in [0.3, 0.4) is 0 Å². The Labute approximate surface area is 122 Å². The Bertz CT molecular complexity index is 710. The van der Waals surface area contributed by atoms with E-state index in [4.69, 9.17) is 0 Å². The van der Waals surface area contributed by atoms with E-state index in [1.54, 1.807) is 19.2 Å². The summed E-state index contributed by atoms with van der Waals surface area (Å²) in [5.74, 6) is 0.388. The van der Waals surface area contributed by atoms with E-state index in [2.05, 4.69) is 19.9 Å². The van der Waals surface area contributed by atoms with E-state index in [9.17, 15) is 13.2 Å². The number of nitrogens with one attached hydrogen (secondary N) is 2. The third-order valence-electron chi connectivity index (χ3n) is 2.63. The Morgan fingerprint density at radius 1 is 1.33 bits per heavy atom. The Balaban J connectivity index is 2.05. The minimum atomic E-state index is -3.33. The molecule has 0 saturated carbocycles. The molecule has 2 N–H and O–H groups in total. The summed E-state index contributed by atoms with van der Waals surface area (Å²) in [6, 6.07) is 6.20. The second-order valence-electron chi connectivity index (χ2n) is 4.54. The van der Waals surface area contributed by atoms with Crippen molar-refractivity contribution in [3.05, 3.63) is 42.0 Å². The molecule has 0 aliphatic heterocycles. The molecule has 1 aromatic heterocycles. The van der Waals surface area contributed by atoms with Crippen molar-refractivity contribution in [2.75, 3.05) is 18.0 Å². The molecule has 0 unspecified atom stereocenters. The average Bonchev–Trinajstić information content (AvgIpc) is 2.90. The van der Waals surface area contributed by atoms with E-state index >= 15 is 0 Å². The van der Waals surface area contributed by atoms with E-state index < -0.39 is 10.0 Å². The van der Waals surface area contributed by atoms with E-state index in [1.807, 2.05) is 0 Å². The van der Waals surface area contributed by atoms with Gasteiger partial charge in [0.25, 0.3) is 5.91 Å². The minimum Gasteiger partial charge on any atom is -0.334 e. The maximum Gasteiger partial charge on any atom is 0.254 e. The molecule has 1 heterocycles. The topological polar surface area (TPSA) is 108 Å². The quantitative estimate of drug-likeness (QED) is 0.833. The molecule has 0 aliphatic rings. The van der Waals surface area contributed by atoms with Crippen molar-refractivity contribution in [1.82, 2.24) is 20.1 Å². The number of rotatable bonds is 5. The third-order valence-corrected chi connectivity index (χ3v) is 3.24. The Morgan fingerprint density at radius 3 is 2.52 bits per heavy atom. The van der Waals surface area contributed by atoms with Gasteiger partial charge in [0.05, 0.1) is 12.8 Å². The SMILES string of the molecule is CN(Cc1ncn[nH]1)C(=O)c1ccc(NS(C)(=O)=O)cc1. The van der Waals surface area contributed by atoms with Gasteiger partial charge in [0.2, 0.25) is 10.0 Å². The van der Waals surface area contributed by atoms with Crippen molar-refractivity contribution in [3.63, 3.8) is 0 Å². The molecular weight excluding hydrogens is 294 g/mol. The van der Waals surface area contributed by atoms with E-state index in [0.717, 1.165) is 6.26 Å². The molecule has 0 radical (unpaired) electrons. The maximum atomic E-state index is 12.2. The highest BCUT2D eigenvalue weighted by Crippen LogP contribution is 2.12. The molecule has 0 bridgehead atoms. The van der Waals surface area contributed by atoms with Crippen molar-refractivity contribution in [3.8, 4) is 0 Å². The highest BCUT2D eigenvalue weighted by Gasteiger charge is 2.13. The number of H-pyrrole nitrogens is 1. The molecule has 2 aromatic rings. The van der Waals surface area contributed by atoms with Gasteiger partial charge in [-0.25, -0.2) is 13.4 Å². The number of amides is 1. The van der Waals surface area contributed by atoms with Crippen LogP contribution in [-0.4, -0.2) is 47.7 Å². The Morgan fingerprint density at radius 2 is 2.00 bits per heavy atom. The van der Waals surface area contributed by atoms with E-state index in [0.29, 0.717) is 23.6 Å². The van der Waals surface area contributed by atoms with Crippen LogP contribution in [0.15, 0.2) is 30.6 Å². The number of benzene rings is 1. The van der Waals surface area contributed by atoms with Crippen LogP contribution >= 0.6 is 0 Å². The van der Waals surface area contributed by atoms with Crippen LogP contribution in [0.4, 0.5) is 5.69 Å². The van der Waals surface area contributed by atoms with Crippen LogP contribution in [0, 0.1) is 0 Å². The summed E-state index contributed by atoms with van der Waals surface area (Å²) >= 11 is 0. The number of anilines is 1. The molecule has 0 aliphatic carbocycles. The predicted molar refractivity (Wildman–Crippen MR) is 77.1 cm³/mol. The Kier molecular flexibility index (Phi) is 4.22. The summed E-state index contributed by atoms with van der Waals surface area (Å²) in [6.07, 6.45) is 2.44. The molecule has 0 saturated heterocycles. The first-order valence-electron chi connectivity index (χ1n) is 6.03. The lowest BCUT2D eigenvalue weighted by Gasteiger charge is -2.15. The second kappa shape index (κ2) is 5.92. The second-order valence-corrected chi connectivity index (χ2v) is 6.29. The molecule has 112 valence electrons. The largest absolute Gasteiger partial charge is 0.334 e. The van der Waals surface area contributed by atoms with Crippen molar-refractivity contribution >= 4 is 21.6 Å². The lowest BCUT2D eigenvalue weighted by atomic mass is 10.2. The van der Waals surface area contributed by atoms with Crippen LogP contribution in [-0.2, 0) is 16.6 Å². The van der Waals surface area contributed by atoms with Gasteiger partial charge in [-0.3, -0.25) is 14.6 Å². The zero-order valence-corrected chi connectivity index (χ0v) is 12.4. The van der Waals surface area contributed by atoms with Gasteiger partial charge in [0.1, 0.15) is 12.2 Å². The molecular formula is C12H15N5O3S. The first kappa shape index (κ1) is 15.0. The fourth-order valence-electron chi connectivity index (χ4n) is 1.72. The molecule has 1 amide bonds. The van der Waals surface area contributed by atoms with Gasteiger partial charge in [-0.1, -0.05) is 0 Å². The molecule has 0 atom stereocenters. The van der Waals surface area contributed by atoms with Crippen LogP contribution in [0.25, 0.3) is 0 Å². The van der Waals surface area contributed by atoms with Crippen molar-refractivity contribution in [2.45, 2.75) is 6.54 Å². The number of nitrogens with zero attached hydrogens (tertiary/aromatic N) is 3. The smallest absolute Gasteiger partial charge is 0.254 e. The van der Waals surface area contributed by atoms with Crippen LogP contribution in [0.2, 0.25) is 0 Å². The van der Waals surface area contributed by atoms with Gasteiger partial charge in [-0.15, -0.1) is 0 Å². The lowest BCUT2D eigenvalue weighted by molar-refractivity contribution is 0.0781. The number of carbonyl (C=O) groups is 1. The first-order chi connectivity index (χ1) is 9.85. The summed E-state index contributed by atoms with van der Waals surface area (Å²) in [5, 5.41) is 6.39. The molecule has 1 aromatic carbocycles. The highest BCUT2D eigenvalue weighted by molar-refractivity contribution is 7.92. The highest BCUT2D eigenvalue weighted by atomic mass is 32.2. The van der Waals surface area contributed by atoms with Crippen LogP contribution in [0.5, 0.6) is 0 Å². The van der Waals surface area contributed by atoms with E-state index in [1.165, 1.54) is 23.4 Å². The summed E-state index contributed by atoms with van der Waals surface area (Å²) in [4.78, 5) is 17.6.